The summed E-state index contributed by atoms with van der Waals surface area (Å²) in [6.07, 6.45) is 21.9. The molecule has 5 atom stereocenters. The van der Waals surface area contributed by atoms with Crippen LogP contribution in [-0.2, 0) is 16.6 Å². The molecule has 1 saturated heterocycles. The highest BCUT2D eigenvalue weighted by atomic mass is 16.3. The van der Waals surface area contributed by atoms with E-state index in [0.717, 1.165) is 49.4 Å². The molecule has 1 aliphatic heterocycles. The first kappa shape index (κ1) is 49.3. The Balaban J connectivity index is 1.25. The van der Waals surface area contributed by atoms with Crippen LogP contribution in [0.15, 0.2) is 36.4 Å². The second-order valence-electron chi connectivity index (χ2n) is 22.4. The molecule has 61 heavy (non-hydrogen) atoms. The van der Waals surface area contributed by atoms with E-state index < -0.39 is 32.8 Å². The molecule has 2 aromatic rings. The van der Waals surface area contributed by atoms with E-state index in [0.29, 0.717) is 36.1 Å². The van der Waals surface area contributed by atoms with Gasteiger partial charge in [-0.15, -0.1) is 0 Å². The molecule has 0 aromatic heterocycles. The van der Waals surface area contributed by atoms with Crippen LogP contribution in [0.5, 0.6) is 5.75 Å². The van der Waals surface area contributed by atoms with Gasteiger partial charge >= 0.3 is 0 Å². The lowest BCUT2D eigenvalue weighted by atomic mass is 9.37. The molecule has 0 spiro atoms. The molecule has 5 unspecified atom stereocenters. The topological polar surface area (TPSA) is 116 Å². The Kier molecular flexibility index (Phi) is 16.1. The molecule has 5 rings (SSSR count). The number of fused-ring (bicyclic) bond motifs is 1. The molecule has 0 bridgehead atoms. The number of aryl methyl sites for hydroxylation is 1. The lowest BCUT2D eigenvalue weighted by molar-refractivity contribution is -0.210. The van der Waals surface area contributed by atoms with Gasteiger partial charge in [0.25, 0.3) is 0 Å². The maximum Gasteiger partial charge on any atom is 0.224 e. The van der Waals surface area contributed by atoms with Crippen molar-refractivity contribution in [3.63, 3.8) is 0 Å². The number of nitrogens with one attached hydrogen (secondary N) is 1. The second kappa shape index (κ2) is 20.0. The van der Waals surface area contributed by atoms with Crippen molar-refractivity contribution in [2.75, 3.05) is 18.4 Å². The number of anilines is 1. The fraction of sp³-hybridized carbons (Fsp3) is 0.741. The summed E-state index contributed by atoms with van der Waals surface area (Å²) in [6, 6.07) is 11.4. The lowest BCUT2D eigenvalue weighted by Gasteiger charge is -2.72. The van der Waals surface area contributed by atoms with Gasteiger partial charge in [-0.25, -0.2) is 0 Å². The summed E-state index contributed by atoms with van der Waals surface area (Å²) in [5.74, 6) is 0.900. The van der Waals surface area contributed by atoms with E-state index in [1.165, 1.54) is 83.5 Å². The number of phenolic OH excluding ortho intramolecular Hbond substituents is 1. The molecule has 1 amide bonds. The Morgan fingerprint density at radius 2 is 1.39 bits per heavy atom. The lowest BCUT2D eigenvalue weighted by Crippen LogP contribution is -2.79. The molecular formula is C54H87N3O4. The van der Waals surface area contributed by atoms with Gasteiger partial charge in [-0.3, -0.25) is 14.5 Å². The number of ketones is 1. The molecule has 7 nitrogen and oxygen atoms in total. The molecule has 3 fully saturated rings. The molecule has 342 valence electrons. The molecular weight excluding hydrogens is 755 g/mol. The number of carbonyl (C=O) groups is 2. The van der Waals surface area contributed by atoms with Gasteiger partial charge in [0.1, 0.15) is 5.75 Å². The van der Waals surface area contributed by atoms with Crippen LogP contribution in [0.25, 0.3) is 0 Å². The van der Waals surface area contributed by atoms with E-state index in [-0.39, 0.29) is 29.9 Å². The van der Waals surface area contributed by atoms with Gasteiger partial charge in [-0.2, -0.15) is 0 Å². The number of benzene rings is 2. The van der Waals surface area contributed by atoms with Crippen molar-refractivity contribution in [1.29, 1.82) is 0 Å². The summed E-state index contributed by atoms with van der Waals surface area (Å²) in [6.45, 7) is 23.8. The average molecular weight is 842 g/mol. The van der Waals surface area contributed by atoms with Gasteiger partial charge in [0.2, 0.25) is 5.91 Å². The van der Waals surface area contributed by atoms with Crippen LogP contribution < -0.4 is 11.1 Å². The molecule has 0 radical (unpaired) electrons. The van der Waals surface area contributed by atoms with E-state index >= 15 is 0 Å². The number of carbonyl (C=O) groups excluding carboxylic acids is 2. The van der Waals surface area contributed by atoms with E-state index in [1.54, 1.807) is 12.1 Å². The highest BCUT2D eigenvalue weighted by Crippen LogP contribution is 2.69. The van der Waals surface area contributed by atoms with Crippen LogP contribution in [0.4, 0.5) is 5.69 Å². The largest absolute Gasteiger partial charge is 0.507 e. The number of aliphatic hydroxyl groups is 1. The highest BCUT2D eigenvalue weighted by molar-refractivity contribution is 5.98. The third-order valence-electron chi connectivity index (χ3n) is 16.8. The Hall–Kier alpha value is -2.74. The number of phenols is 1. The molecule has 7 heteroatoms. The molecule has 2 aliphatic carbocycles. The first-order chi connectivity index (χ1) is 28.6. The number of piperidine rings is 1. The predicted octanol–water partition coefficient (Wildman–Crippen LogP) is 12.6. The molecule has 2 saturated carbocycles. The molecule has 3 aliphatic rings. The Bertz CT molecular complexity index is 1770. The summed E-state index contributed by atoms with van der Waals surface area (Å²) < 4.78 is 0. The summed E-state index contributed by atoms with van der Waals surface area (Å²) in [4.78, 5) is 29.3. The van der Waals surface area contributed by atoms with E-state index in [4.69, 9.17) is 5.73 Å². The van der Waals surface area contributed by atoms with Crippen molar-refractivity contribution in [2.45, 2.75) is 220 Å². The first-order valence-corrected chi connectivity index (χ1v) is 24.6. The van der Waals surface area contributed by atoms with Crippen LogP contribution in [0.2, 0.25) is 0 Å². The smallest absolute Gasteiger partial charge is 0.224 e. The number of Topliss-reactive ketones (excluding diaryl/α,β-unsaturated/α-hetero) is 1. The van der Waals surface area contributed by atoms with E-state index in [9.17, 15) is 19.8 Å². The highest BCUT2D eigenvalue weighted by Gasteiger charge is 2.71. The van der Waals surface area contributed by atoms with Crippen LogP contribution >= 0.6 is 0 Å². The van der Waals surface area contributed by atoms with Crippen LogP contribution in [0.1, 0.15) is 211 Å². The molecule has 1 heterocycles. The first-order valence-electron chi connectivity index (χ1n) is 24.6. The monoisotopic (exact) mass is 842 g/mol. The Labute approximate surface area is 371 Å². The van der Waals surface area contributed by atoms with Gasteiger partial charge in [-0.1, -0.05) is 138 Å². The third kappa shape index (κ3) is 10.6. The van der Waals surface area contributed by atoms with Crippen molar-refractivity contribution in [2.24, 2.45) is 27.9 Å². The molecule has 2 aromatic carbocycles. The minimum Gasteiger partial charge on any atom is -0.507 e. The fourth-order valence-corrected chi connectivity index (χ4v) is 11.9. The minimum absolute atomic E-state index is 0.0121. The van der Waals surface area contributed by atoms with Gasteiger partial charge in [0, 0.05) is 53.2 Å². The number of nitrogens with two attached hydrogens (primary N) is 1. The summed E-state index contributed by atoms with van der Waals surface area (Å²) in [5.41, 5.74) is 7.68. The standard InChI is InChI=1S/C54H87N3O4/c1-11-12-13-14-15-16-17-18-19-20-21-22-23-24-46(59)56-44-31-29-42(30-32-44)45(58)35-43-28-25-39(2)47(48(43)60)53-33-34-57(36-41-26-27-41)40(3)51(53,9)38-54(55,50(7,8)37-53)52(10,61)49(4,5)6/h25,28-32,40-41,60-61H,11-24,26-27,33-38,55H2,1-10H3,(H,56,59). The van der Waals surface area contributed by atoms with Crippen molar-refractivity contribution in [3.8, 4) is 5.75 Å². The van der Waals surface area contributed by atoms with Crippen molar-refractivity contribution in [3.05, 3.63) is 58.7 Å². The van der Waals surface area contributed by atoms with E-state index in [2.05, 4.69) is 78.6 Å². The van der Waals surface area contributed by atoms with Crippen LogP contribution in [-0.4, -0.2) is 57.1 Å². The van der Waals surface area contributed by atoms with Crippen molar-refractivity contribution >= 4 is 17.4 Å². The van der Waals surface area contributed by atoms with Gasteiger partial charge in [0.05, 0.1) is 11.1 Å². The number of aromatic hydroxyl groups is 1. The number of rotatable bonds is 22. The van der Waals surface area contributed by atoms with Gasteiger partial charge < -0.3 is 21.3 Å². The molecule has 5 N–H and O–H groups in total. The van der Waals surface area contributed by atoms with E-state index in [1.807, 2.05) is 25.1 Å². The zero-order chi connectivity index (χ0) is 44.9. The summed E-state index contributed by atoms with van der Waals surface area (Å²) in [5, 5.41) is 28.0. The zero-order valence-corrected chi connectivity index (χ0v) is 40.4. The SMILES string of the molecule is CCCCCCCCCCCCCCCC(=O)Nc1ccc(C(=O)Cc2ccc(C)c(C34CCN(CC5CC5)C(C)C3(C)CC(N)(C(C)(O)C(C)(C)C)C(C)(C)C4)c2O)cc1. The van der Waals surface area contributed by atoms with Gasteiger partial charge in [-0.05, 0) is 118 Å². The summed E-state index contributed by atoms with van der Waals surface area (Å²) >= 11 is 0. The average Bonchev–Trinajstić information content (AvgIpc) is 4.01. The normalized spacial score (nSPS) is 26.4. The van der Waals surface area contributed by atoms with Crippen LogP contribution in [0.3, 0.4) is 0 Å². The number of nitrogens with zero attached hydrogens (tertiary/aromatic N) is 1. The maximum atomic E-state index is 13.9. The zero-order valence-electron chi connectivity index (χ0n) is 40.4. The van der Waals surface area contributed by atoms with Crippen molar-refractivity contribution in [1.82, 2.24) is 4.90 Å². The third-order valence-corrected chi connectivity index (χ3v) is 16.8. The maximum absolute atomic E-state index is 13.9. The number of likely N-dealkylation sites (tertiary alicyclic amines) is 1. The number of amides is 1. The van der Waals surface area contributed by atoms with Crippen molar-refractivity contribution < 1.29 is 19.8 Å². The predicted molar refractivity (Wildman–Crippen MR) is 254 cm³/mol. The van der Waals surface area contributed by atoms with Crippen LogP contribution in [0, 0.1) is 29.1 Å². The minimum atomic E-state index is -1.17. The quantitative estimate of drug-likeness (QED) is 0.0693. The number of unbranched alkanes of at least 4 members (excludes halogenated alkanes) is 12. The fourth-order valence-electron chi connectivity index (χ4n) is 11.9. The Morgan fingerprint density at radius 3 is 1.93 bits per heavy atom. The number of hydrogen-bond donors (Lipinski definition) is 4. The second-order valence-corrected chi connectivity index (χ2v) is 22.4. The summed E-state index contributed by atoms with van der Waals surface area (Å²) in [7, 11) is 0. The Morgan fingerprint density at radius 1 is 0.836 bits per heavy atom. The number of hydrogen-bond acceptors (Lipinski definition) is 6. The van der Waals surface area contributed by atoms with Gasteiger partial charge in [0.15, 0.2) is 5.78 Å².